The van der Waals surface area contributed by atoms with Gasteiger partial charge in [0, 0.05) is 24.0 Å². The highest BCUT2D eigenvalue weighted by atomic mass is 19.1. The summed E-state index contributed by atoms with van der Waals surface area (Å²) in [5.74, 6) is -0.203. The molecule has 0 fully saturated rings. The molecule has 0 aliphatic heterocycles. The summed E-state index contributed by atoms with van der Waals surface area (Å²) in [4.78, 5) is 2.17. The number of hydrogen-bond donors (Lipinski definition) is 1. The van der Waals surface area contributed by atoms with Gasteiger partial charge in [-0.2, -0.15) is 0 Å². The Bertz CT molecular complexity index is 618. The molecule has 1 atom stereocenters. The quantitative estimate of drug-likeness (QED) is 0.888. The van der Waals surface area contributed by atoms with Crippen LogP contribution in [0.2, 0.25) is 0 Å². The molecule has 0 unspecified atom stereocenters. The summed E-state index contributed by atoms with van der Waals surface area (Å²) in [7, 11) is 0. The van der Waals surface area contributed by atoms with Crippen LogP contribution in [0.15, 0.2) is 36.4 Å². The highest BCUT2D eigenvalue weighted by Crippen LogP contribution is 2.33. The van der Waals surface area contributed by atoms with E-state index in [1.807, 2.05) is 13.0 Å². The molecular weight excluding hydrogens is 263 g/mol. The molecule has 0 saturated heterocycles. The van der Waals surface area contributed by atoms with E-state index < -0.39 is 0 Å². The topological polar surface area (TPSA) is 29.3 Å². The van der Waals surface area contributed by atoms with Crippen molar-refractivity contribution in [1.82, 2.24) is 0 Å². The van der Waals surface area contributed by atoms with Gasteiger partial charge in [-0.3, -0.25) is 0 Å². The van der Waals surface area contributed by atoms with Crippen LogP contribution in [0.3, 0.4) is 0 Å². The summed E-state index contributed by atoms with van der Waals surface area (Å²) in [5.41, 5.74) is 10.8. The fourth-order valence-corrected chi connectivity index (χ4v) is 2.50. The molecule has 0 aliphatic rings. The molecule has 2 aromatic carbocycles. The van der Waals surface area contributed by atoms with Gasteiger partial charge in [-0.15, -0.1) is 0 Å². The average Bonchev–Trinajstić information content (AvgIpc) is 2.45. The zero-order chi connectivity index (χ0) is 15.6. The number of hydrogen-bond acceptors (Lipinski definition) is 2. The molecule has 0 spiro atoms. The second-order valence-electron chi connectivity index (χ2n) is 5.53. The molecule has 21 heavy (non-hydrogen) atoms. The molecule has 2 N–H and O–H groups in total. The van der Waals surface area contributed by atoms with Crippen LogP contribution in [0.25, 0.3) is 0 Å². The van der Waals surface area contributed by atoms with E-state index in [-0.39, 0.29) is 11.9 Å². The largest absolute Gasteiger partial charge is 0.341 e. The van der Waals surface area contributed by atoms with Crippen LogP contribution >= 0.6 is 0 Å². The zero-order valence-electron chi connectivity index (χ0n) is 13.2. The predicted molar refractivity (Wildman–Crippen MR) is 87.6 cm³/mol. The summed E-state index contributed by atoms with van der Waals surface area (Å²) in [6.07, 6.45) is 0. The molecule has 0 saturated carbocycles. The highest BCUT2D eigenvalue weighted by molar-refractivity contribution is 5.68. The number of halogens is 1. The third kappa shape index (κ3) is 3.24. The van der Waals surface area contributed by atoms with Crippen LogP contribution < -0.4 is 10.6 Å². The molecular formula is C18H23FN2. The molecule has 2 rings (SSSR count). The first-order chi connectivity index (χ1) is 9.93. The van der Waals surface area contributed by atoms with Crippen LogP contribution in [0.4, 0.5) is 15.8 Å². The Hall–Kier alpha value is -1.87. The van der Waals surface area contributed by atoms with Crippen molar-refractivity contribution in [2.75, 3.05) is 11.4 Å². The Morgan fingerprint density at radius 2 is 1.76 bits per heavy atom. The molecule has 2 nitrogen and oxygen atoms in total. The molecule has 0 bridgehead atoms. The van der Waals surface area contributed by atoms with Crippen molar-refractivity contribution in [3.8, 4) is 0 Å². The maximum atomic E-state index is 13.9. The van der Waals surface area contributed by atoms with E-state index in [1.54, 1.807) is 13.0 Å². The second kappa shape index (κ2) is 6.27. The van der Waals surface area contributed by atoms with Crippen LogP contribution in [0.1, 0.15) is 36.6 Å². The number of nitrogens with two attached hydrogens (primary N) is 1. The van der Waals surface area contributed by atoms with Gasteiger partial charge in [-0.05, 0) is 63.1 Å². The van der Waals surface area contributed by atoms with Crippen LogP contribution in [-0.2, 0) is 0 Å². The standard InChI is InChI=1S/C18H23FN2/c1-5-21(15-8-6-12(2)7-9-15)18-10-13(3)17(19)11-16(18)14(4)20/h6-11,14H,5,20H2,1-4H3/t14-/m0/s1. The van der Waals surface area contributed by atoms with Gasteiger partial charge in [0.25, 0.3) is 0 Å². The molecule has 0 aromatic heterocycles. The Kier molecular flexibility index (Phi) is 4.63. The maximum absolute atomic E-state index is 13.9. The van der Waals surface area contributed by atoms with E-state index in [9.17, 15) is 4.39 Å². The number of aryl methyl sites for hydroxylation is 2. The molecule has 0 amide bonds. The normalized spacial score (nSPS) is 12.3. The van der Waals surface area contributed by atoms with E-state index in [1.165, 1.54) is 5.56 Å². The van der Waals surface area contributed by atoms with Crippen molar-refractivity contribution in [2.24, 2.45) is 5.73 Å². The molecule has 3 heteroatoms. The number of anilines is 2. The average molecular weight is 286 g/mol. The summed E-state index contributed by atoms with van der Waals surface area (Å²) in [5, 5.41) is 0. The van der Waals surface area contributed by atoms with Crippen molar-refractivity contribution in [3.63, 3.8) is 0 Å². The molecule has 0 radical (unpaired) electrons. The van der Waals surface area contributed by atoms with Gasteiger partial charge in [0.1, 0.15) is 5.82 Å². The maximum Gasteiger partial charge on any atom is 0.126 e. The molecule has 2 aromatic rings. The van der Waals surface area contributed by atoms with Gasteiger partial charge in [-0.1, -0.05) is 17.7 Å². The Labute approximate surface area is 126 Å². The van der Waals surface area contributed by atoms with E-state index in [2.05, 4.69) is 43.0 Å². The van der Waals surface area contributed by atoms with Crippen molar-refractivity contribution in [3.05, 3.63) is 58.9 Å². The fraction of sp³-hybridized carbons (Fsp3) is 0.333. The Balaban J connectivity index is 2.56. The predicted octanol–water partition coefficient (Wildman–Crippen LogP) is 4.62. The minimum absolute atomic E-state index is 0.203. The minimum Gasteiger partial charge on any atom is -0.341 e. The lowest BCUT2D eigenvalue weighted by Gasteiger charge is -2.28. The summed E-state index contributed by atoms with van der Waals surface area (Å²) < 4.78 is 13.9. The van der Waals surface area contributed by atoms with E-state index in [0.29, 0.717) is 5.56 Å². The van der Waals surface area contributed by atoms with Gasteiger partial charge in [0.15, 0.2) is 0 Å². The van der Waals surface area contributed by atoms with Crippen molar-refractivity contribution in [2.45, 2.75) is 33.7 Å². The van der Waals surface area contributed by atoms with E-state index in [0.717, 1.165) is 23.5 Å². The second-order valence-corrected chi connectivity index (χ2v) is 5.53. The summed E-state index contributed by atoms with van der Waals surface area (Å²) >= 11 is 0. The first-order valence-corrected chi connectivity index (χ1v) is 7.33. The van der Waals surface area contributed by atoms with Crippen molar-refractivity contribution >= 4 is 11.4 Å². The third-order valence-electron chi connectivity index (χ3n) is 3.75. The highest BCUT2D eigenvalue weighted by Gasteiger charge is 2.16. The van der Waals surface area contributed by atoms with Crippen LogP contribution in [0, 0.1) is 19.7 Å². The Morgan fingerprint density at radius 3 is 2.29 bits per heavy atom. The summed E-state index contributed by atoms with van der Waals surface area (Å²) in [6.45, 7) is 8.62. The van der Waals surface area contributed by atoms with Gasteiger partial charge < -0.3 is 10.6 Å². The monoisotopic (exact) mass is 286 g/mol. The SMILES string of the molecule is CCN(c1ccc(C)cc1)c1cc(C)c(F)cc1[C@H](C)N. The van der Waals surface area contributed by atoms with Gasteiger partial charge >= 0.3 is 0 Å². The van der Waals surface area contributed by atoms with Gasteiger partial charge in [0.05, 0.1) is 0 Å². The fourth-order valence-electron chi connectivity index (χ4n) is 2.50. The van der Waals surface area contributed by atoms with Crippen LogP contribution in [-0.4, -0.2) is 6.54 Å². The Morgan fingerprint density at radius 1 is 1.14 bits per heavy atom. The number of rotatable bonds is 4. The van der Waals surface area contributed by atoms with E-state index >= 15 is 0 Å². The van der Waals surface area contributed by atoms with Gasteiger partial charge in [0.2, 0.25) is 0 Å². The first-order valence-electron chi connectivity index (χ1n) is 7.33. The lowest BCUT2D eigenvalue weighted by molar-refractivity contribution is 0.613. The lowest BCUT2D eigenvalue weighted by Crippen LogP contribution is -2.20. The lowest BCUT2D eigenvalue weighted by atomic mass is 10.0. The first kappa shape index (κ1) is 15.5. The van der Waals surface area contributed by atoms with Crippen molar-refractivity contribution < 1.29 is 4.39 Å². The zero-order valence-corrected chi connectivity index (χ0v) is 13.2. The molecule has 0 aliphatic carbocycles. The number of benzene rings is 2. The molecule has 112 valence electrons. The van der Waals surface area contributed by atoms with Gasteiger partial charge in [-0.25, -0.2) is 4.39 Å². The smallest absolute Gasteiger partial charge is 0.126 e. The minimum atomic E-state index is -0.213. The van der Waals surface area contributed by atoms with Crippen molar-refractivity contribution in [1.29, 1.82) is 0 Å². The molecule has 0 heterocycles. The van der Waals surface area contributed by atoms with Crippen LogP contribution in [0.5, 0.6) is 0 Å². The van der Waals surface area contributed by atoms with E-state index in [4.69, 9.17) is 5.73 Å². The summed E-state index contributed by atoms with van der Waals surface area (Å²) in [6, 6.07) is 11.6. The number of nitrogens with zero attached hydrogens (tertiary/aromatic N) is 1. The third-order valence-corrected chi connectivity index (χ3v) is 3.75.